The third-order valence-corrected chi connectivity index (χ3v) is 19.3. The molecule has 9 aromatic rings. The van der Waals surface area contributed by atoms with Gasteiger partial charge in [-0.15, -0.1) is 0 Å². The normalized spacial score (nSPS) is 15.8. The van der Waals surface area contributed by atoms with Gasteiger partial charge in [-0.25, -0.2) is 13.8 Å². The van der Waals surface area contributed by atoms with Gasteiger partial charge in [-0.05, 0) is 79.4 Å². The van der Waals surface area contributed by atoms with Crippen molar-refractivity contribution in [3.05, 3.63) is 298 Å². The molecule has 3 heterocycles. The van der Waals surface area contributed by atoms with E-state index in [9.17, 15) is 13.9 Å². The number of aryl methyl sites for hydroxylation is 1. The van der Waals surface area contributed by atoms with Crippen LogP contribution < -0.4 is 38.1 Å². The number of nitrogens with zero attached hydrogens (tertiary/aromatic N) is 3. The van der Waals surface area contributed by atoms with Gasteiger partial charge in [-0.1, -0.05) is 301 Å². The number of halogens is 2. The number of nitrogens with two attached hydrogens (primary N) is 3. The first-order valence-corrected chi connectivity index (χ1v) is 38.7. The van der Waals surface area contributed by atoms with Crippen LogP contribution >= 0.6 is 0 Å². The molecule has 17 heteroatoms. The van der Waals surface area contributed by atoms with Crippen LogP contribution in [-0.4, -0.2) is 126 Å². The van der Waals surface area contributed by atoms with E-state index in [-0.39, 0.29) is 75.4 Å². The molecule has 2 aliphatic rings. The summed E-state index contributed by atoms with van der Waals surface area (Å²) in [6.45, 7) is 41.0. The first-order chi connectivity index (χ1) is 52.3. The number of aliphatic hydroxyl groups excluding tert-OH is 2. The Balaban J connectivity index is 0.000000217. The molecular formula is C93H129F2N9O6. The molecule has 2 atom stereocenters. The number of benzene rings is 8. The van der Waals surface area contributed by atoms with E-state index >= 15 is 0 Å². The molecule has 1 aromatic heterocycles. The fourth-order valence-electron chi connectivity index (χ4n) is 12.5. The molecule has 15 nitrogen and oxygen atoms in total. The molecule has 0 saturated carbocycles. The summed E-state index contributed by atoms with van der Waals surface area (Å²) in [6, 6.07) is 79.0. The first kappa shape index (κ1) is 90.7. The van der Waals surface area contributed by atoms with E-state index in [2.05, 4.69) is 264 Å². The molecule has 8 aromatic carbocycles. The lowest BCUT2D eigenvalue weighted by Crippen LogP contribution is -2.49. The second-order valence-electron chi connectivity index (χ2n) is 33.3. The predicted molar refractivity (Wildman–Crippen MR) is 449 cm³/mol. The molecular weight excluding hydrogens is 1380 g/mol. The number of hydrogen-bond acceptors (Lipinski definition) is 15. The molecule has 0 bridgehead atoms. The summed E-state index contributed by atoms with van der Waals surface area (Å²) in [6.07, 6.45) is 0. The maximum atomic E-state index is 14.4. The molecule has 0 spiro atoms. The summed E-state index contributed by atoms with van der Waals surface area (Å²) in [4.78, 5) is 10.6. The molecule has 0 aliphatic carbocycles. The highest BCUT2D eigenvalue weighted by atomic mass is 19.1. The summed E-state index contributed by atoms with van der Waals surface area (Å²) < 4.78 is 50.4. The van der Waals surface area contributed by atoms with Gasteiger partial charge in [0.2, 0.25) is 5.95 Å². The van der Waals surface area contributed by atoms with Crippen molar-refractivity contribution in [3.63, 3.8) is 0 Å². The van der Waals surface area contributed by atoms with E-state index in [1.807, 2.05) is 77.1 Å². The average molecular weight is 1510 g/mol. The molecule has 2 saturated heterocycles. The molecule has 11 rings (SSSR count). The average Bonchev–Trinajstić information content (AvgIpc) is 0.905. The van der Waals surface area contributed by atoms with Crippen molar-refractivity contribution in [1.29, 1.82) is 0 Å². The van der Waals surface area contributed by atoms with Crippen LogP contribution in [0.1, 0.15) is 159 Å². The van der Waals surface area contributed by atoms with Crippen molar-refractivity contribution in [3.8, 4) is 0 Å². The molecule has 2 fully saturated rings. The molecule has 0 radical (unpaired) electrons. The van der Waals surface area contributed by atoms with Gasteiger partial charge < -0.3 is 56.6 Å². The summed E-state index contributed by atoms with van der Waals surface area (Å²) in [7, 11) is 0. The van der Waals surface area contributed by atoms with E-state index in [4.69, 9.17) is 41.3 Å². The first-order valence-electron chi connectivity index (χ1n) is 38.7. The largest absolute Gasteiger partial charge is 0.396 e. The molecule has 596 valence electrons. The predicted octanol–water partition coefficient (Wildman–Crippen LogP) is 16.8. The monoisotopic (exact) mass is 1510 g/mol. The topological polar surface area (TPSA) is 221 Å². The quantitative estimate of drug-likeness (QED) is 0.0250. The van der Waals surface area contributed by atoms with Crippen molar-refractivity contribution in [2.75, 3.05) is 116 Å². The zero-order valence-corrected chi connectivity index (χ0v) is 68.3. The van der Waals surface area contributed by atoms with Crippen LogP contribution in [0.15, 0.2) is 237 Å². The number of rotatable bonds is 25. The minimum atomic E-state index is -0.476. The van der Waals surface area contributed by atoms with Crippen molar-refractivity contribution >= 4 is 11.8 Å². The minimum Gasteiger partial charge on any atom is -0.396 e. The molecule has 0 amide bonds. The van der Waals surface area contributed by atoms with Crippen molar-refractivity contribution in [2.24, 2.45) is 44.0 Å². The third-order valence-electron chi connectivity index (χ3n) is 19.3. The van der Waals surface area contributed by atoms with Crippen LogP contribution in [0.4, 0.5) is 20.5 Å². The van der Waals surface area contributed by atoms with E-state index in [0.29, 0.717) is 69.6 Å². The minimum absolute atomic E-state index is 0.0135. The van der Waals surface area contributed by atoms with Gasteiger partial charge in [-0.3, -0.25) is 10.6 Å². The number of aliphatic hydroxyl groups is 2. The second-order valence-corrected chi connectivity index (χ2v) is 33.3. The van der Waals surface area contributed by atoms with Crippen LogP contribution in [0.5, 0.6) is 0 Å². The highest BCUT2D eigenvalue weighted by Crippen LogP contribution is 2.41. The van der Waals surface area contributed by atoms with Gasteiger partial charge in [-0.2, -0.15) is 4.98 Å². The number of hydrogen-bond donors (Lipinski definition) is 8. The van der Waals surface area contributed by atoms with Gasteiger partial charge in [0.25, 0.3) is 0 Å². The number of nitrogen functional groups attached to an aromatic ring is 1. The summed E-state index contributed by atoms with van der Waals surface area (Å²) in [5, 5.41) is 29.4. The Labute approximate surface area is 657 Å². The van der Waals surface area contributed by atoms with Crippen LogP contribution in [0.3, 0.4) is 0 Å². The fourth-order valence-corrected chi connectivity index (χ4v) is 12.5. The summed E-state index contributed by atoms with van der Waals surface area (Å²) in [5.41, 5.74) is 24.9. The van der Waals surface area contributed by atoms with Gasteiger partial charge in [0.05, 0.1) is 62.8 Å². The Morgan fingerprint density at radius 1 is 0.491 bits per heavy atom. The Hall–Kier alpha value is -8.14. The zero-order valence-electron chi connectivity index (χ0n) is 68.3. The van der Waals surface area contributed by atoms with Gasteiger partial charge >= 0.3 is 0 Å². The lowest BCUT2D eigenvalue weighted by atomic mass is 9.76. The molecule has 11 N–H and O–H groups in total. The number of anilines is 2. The van der Waals surface area contributed by atoms with Crippen molar-refractivity contribution in [1.82, 2.24) is 25.9 Å². The van der Waals surface area contributed by atoms with Crippen LogP contribution in [-0.2, 0) is 30.0 Å². The lowest BCUT2D eigenvalue weighted by molar-refractivity contribution is 0.0677. The highest BCUT2D eigenvalue weighted by molar-refractivity contribution is 5.52. The van der Waals surface area contributed by atoms with Gasteiger partial charge in [0.1, 0.15) is 17.5 Å². The smallest absolute Gasteiger partial charge is 0.222 e. The lowest BCUT2D eigenvalue weighted by Gasteiger charge is -2.40. The van der Waals surface area contributed by atoms with Crippen LogP contribution in [0, 0.1) is 51.0 Å². The third kappa shape index (κ3) is 28.0. The standard InChI is InChI=1S/C26H31NO.C24H27NO.C18H23FN4O.C13H18FNO.C7H17NO.C5H13NO/c1-4-28-21-25(2,3)20-27-26(22-14-8-5-9-15-22,23-16-10-6-11-17-23)24-18-12-7-13-19-24;1-23(2,19-26)18-25-24(20-12-6-3-7-13-20,21-14-8-4-9-15-21)22-16-10-5-11-17-22;1-12-8-16(22-17(20)21-12)23-10-18(2,3)11-24-9-15(23)13-6-4-5-7-14(13)19;1-13(2)8-15-12(7-16-9-13)10-5-3-4-6-11(10)14;1-4-9-6-7(2,3)5-8;1-5(2,3-6)4-7/h5-19,27H,4,20-21H2,1-3H3;3-17,25-26H,18-19H2,1-2H3;4-8,15H,9-11H2,1-3H3,(H2,20,21,22);3-6,12,15H,7-9H2,1-2H3;4-6,8H2,1-3H3;7H,3-4,6H2,1-2H3. The van der Waals surface area contributed by atoms with Crippen LogP contribution in [0.2, 0.25) is 0 Å². The fraction of sp³-hybridized carbons (Fsp3) is 0.441. The van der Waals surface area contributed by atoms with Gasteiger partial charge in [0, 0.05) is 108 Å². The number of ether oxygens (including phenoxy) is 4. The molecule has 110 heavy (non-hydrogen) atoms. The van der Waals surface area contributed by atoms with E-state index in [1.165, 1.54) is 45.5 Å². The Bertz CT molecular complexity index is 3810. The zero-order chi connectivity index (χ0) is 80.5. The second kappa shape index (κ2) is 43.6. The number of aromatic nitrogens is 2. The molecule has 2 unspecified atom stereocenters. The SMILES string of the molecule is CC(C)(CN)CO.CC(C)(CO)CNC(c1ccccc1)(c1ccccc1)c1ccccc1.CC1(C)CNC(c2ccccc2F)COC1.CCOCC(C)(C)CN.CCOCC(C)(C)CNC(c1ccccc1)(c1ccccc1)c1ccccc1.Cc1cc(N2CC(C)(C)COCC2c2ccccc2F)nc(N)n1. The van der Waals surface area contributed by atoms with E-state index < -0.39 is 11.1 Å². The summed E-state index contributed by atoms with van der Waals surface area (Å²) in [5.74, 6) is 0.518. The van der Waals surface area contributed by atoms with Crippen molar-refractivity contribution < 1.29 is 37.9 Å². The Kier molecular flexibility index (Phi) is 36.0. The van der Waals surface area contributed by atoms with Gasteiger partial charge in [0.15, 0.2) is 0 Å². The Morgan fingerprint density at radius 2 is 0.845 bits per heavy atom. The Morgan fingerprint density at radius 3 is 1.21 bits per heavy atom. The van der Waals surface area contributed by atoms with E-state index in [1.54, 1.807) is 18.2 Å². The summed E-state index contributed by atoms with van der Waals surface area (Å²) >= 11 is 0. The highest BCUT2D eigenvalue weighted by Gasteiger charge is 2.40. The maximum absolute atomic E-state index is 14.4. The van der Waals surface area contributed by atoms with Crippen LogP contribution in [0.25, 0.3) is 0 Å². The molecule has 2 aliphatic heterocycles. The number of nitrogens with one attached hydrogen (secondary N) is 3. The maximum Gasteiger partial charge on any atom is 0.222 e. The van der Waals surface area contributed by atoms with E-state index in [0.717, 1.165) is 45.2 Å². The van der Waals surface area contributed by atoms with Crippen molar-refractivity contribution in [2.45, 2.75) is 127 Å².